The number of benzene rings is 2. The summed E-state index contributed by atoms with van der Waals surface area (Å²) in [5, 5.41) is 3.80. The van der Waals surface area contributed by atoms with Gasteiger partial charge in [-0.2, -0.15) is 4.98 Å². The second-order valence-electron chi connectivity index (χ2n) is 7.28. The molecule has 0 bridgehead atoms. The van der Waals surface area contributed by atoms with Gasteiger partial charge in [0.1, 0.15) is 0 Å². The molecular formula is C22H24N4O2. The van der Waals surface area contributed by atoms with Crippen LogP contribution in [0.1, 0.15) is 27.3 Å². The number of amides is 1. The zero-order valence-corrected chi connectivity index (χ0v) is 16.3. The fourth-order valence-electron chi connectivity index (χ4n) is 3.53. The van der Waals surface area contributed by atoms with E-state index >= 15 is 0 Å². The predicted molar refractivity (Wildman–Crippen MR) is 107 cm³/mol. The van der Waals surface area contributed by atoms with E-state index in [-0.39, 0.29) is 5.91 Å². The Morgan fingerprint density at radius 3 is 2.43 bits per heavy atom. The Labute approximate surface area is 164 Å². The average Bonchev–Trinajstić information content (AvgIpc) is 3.15. The highest BCUT2D eigenvalue weighted by atomic mass is 16.5. The van der Waals surface area contributed by atoms with Crippen LogP contribution in [-0.2, 0) is 6.54 Å². The van der Waals surface area contributed by atoms with E-state index in [0.717, 1.165) is 38.3 Å². The predicted octanol–water partition coefficient (Wildman–Crippen LogP) is 3.31. The van der Waals surface area contributed by atoms with Crippen LogP contribution in [-0.4, -0.2) is 52.0 Å². The van der Waals surface area contributed by atoms with Gasteiger partial charge in [0.2, 0.25) is 0 Å². The maximum absolute atomic E-state index is 12.8. The number of rotatable bonds is 4. The first-order valence-electron chi connectivity index (χ1n) is 9.56. The van der Waals surface area contributed by atoms with E-state index in [0.29, 0.717) is 17.3 Å². The van der Waals surface area contributed by atoms with Crippen molar-refractivity contribution in [3.63, 3.8) is 0 Å². The molecule has 144 valence electrons. The van der Waals surface area contributed by atoms with Crippen molar-refractivity contribution in [1.82, 2.24) is 19.9 Å². The minimum Gasteiger partial charge on any atom is -0.336 e. The minimum atomic E-state index is 0.0727. The van der Waals surface area contributed by atoms with Gasteiger partial charge >= 0.3 is 0 Å². The zero-order valence-electron chi connectivity index (χ0n) is 16.3. The summed E-state index contributed by atoms with van der Waals surface area (Å²) < 4.78 is 5.17. The van der Waals surface area contributed by atoms with Crippen molar-refractivity contribution in [1.29, 1.82) is 0 Å². The Kier molecular flexibility index (Phi) is 5.21. The number of piperazine rings is 1. The van der Waals surface area contributed by atoms with Crippen LogP contribution in [0.3, 0.4) is 0 Å². The minimum absolute atomic E-state index is 0.0727. The normalized spacial score (nSPS) is 15.0. The summed E-state index contributed by atoms with van der Waals surface area (Å²) in [5.74, 6) is 1.14. The second-order valence-corrected chi connectivity index (χ2v) is 7.28. The van der Waals surface area contributed by atoms with Crippen LogP contribution < -0.4 is 0 Å². The lowest BCUT2D eigenvalue weighted by Gasteiger charge is -2.34. The molecule has 0 saturated carbocycles. The molecule has 0 aliphatic carbocycles. The van der Waals surface area contributed by atoms with Crippen LogP contribution in [0.15, 0.2) is 53.1 Å². The molecular weight excluding hydrogens is 352 g/mol. The summed E-state index contributed by atoms with van der Waals surface area (Å²) in [4.78, 5) is 21.4. The van der Waals surface area contributed by atoms with E-state index in [1.54, 1.807) is 6.92 Å². The van der Waals surface area contributed by atoms with E-state index in [4.69, 9.17) is 4.52 Å². The van der Waals surface area contributed by atoms with Gasteiger partial charge in [0.05, 0.1) is 0 Å². The Morgan fingerprint density at radius 1 is 1.04 bits per heavy atom. The van der Waals surface area contributed by atoms with Gasteiger partial charge in [-0.1, -0.05) is 35.0 Å². The van der Waals surface area contributed by atoms with Crippen molar-refractivity contribution in [2.24, 2.45) is 0 Å². The van der Waals surface area contributed by atoms with E-state index in [9.17, 15) is 4.79 Å². The third-order valence-corrected chi connectivity index (χ3v) is 5.05. The Hall–Kier alpha value is -2.99. The molecule has 28 heavy (non-hydrogen) atoms. The lowest BCUT2D eigenvalue weighted by molar-refractivity contribution is 0.0628. The maximum atomic E-state index is 12.8. The monoisotopic (exact) mass is 376 g/mol. The number of hydrogen-bond donors (Lipinski definition) is 0. The molecule has 1 saturated heterocycles. The van der Waals surface area contributed by atoms with Crippen molar-refractivity contribution in [3.8, 4) is 11.5 Å². The molecule has 3 aromatic rings. The number of aromatic nitrogens is 2. The summed E-state index contributed by atoms with van der Waals surface area (Å²) in [5.41, 5.74) is 4.12. The van der Waals surface area contributed by atoms with Crippen molar-refractivity contribution < 1.29 is 9.32 Å². The lowest BCUT2D eigenvalue weighted by atomic mass is 10.1. The van der Waals surface area contributed by atoms with Crippen LogP contribution in [0.4, 0.5) is 0 Å². The van der Waals surface area contributed by atoms with Crippen molar-refractivity contribution in [3.05, 3.63) is 71.0 Å². The fraction of sp³-hybridized carbons (Fsp3) is 0.318. The lowest BCUT2D eigenvalue weighted by Crippen LogP contribution is -2.48. The summed E-state index contributed by atoms with van der Waals surface area (Å²) in [7, 11) is 0. The average molecular weight is 376 g/mol. The van der Waals surface area contributed by atoms with Crippen LogP contribution in [0, 0.1) is 13.8 Å². The van der Waals surface area contributed by atoms with Gasteiger partial charge in [0.15, 0.2) is 5.82 Å². The van der Waals surface area contributed by atoms with E-state index < -0.39 is 0 Å². The third kappa shape index (κ3) is 4.12. The molecule has 0 radical (unpaired) electrons. The van der Waals surface area contributed by atoms with Gasteiger partial charge in [-0.3, -0.25) is 9.69 Å². The highest BCUT2D eigenvalue weighted by molar-refractivity contribution is 5.94. The van der Waals surface area contributed by atoms with Gasteiger partial charge in [0.25, 0.3) is 11.8 Å². The van der Waals surface area contributed by atoms with Crippen LogP contribution in [0.2, 0.25) is 0 Å². The first-order chi connectivity index (χ1) is 13.6. The molecule has 2 heterocycles. The van der Waals surface area contributed by atoms with Crippen molar-refractivity contribution in [2.75, 3.05) is 26.2 Å². The molecule has 1 aliphatic heterocycles. The van der Waals surface area contributed by atoms with Crippen molar-refractivity contribution >= 4 is 5.91 Å². The zero-order chi connectivity index (χ0) is 19.5. The van der Waals surface area contributed by atoms with Gasteiger partial charge in [-0.05, 0) is 43.7 Å². The van der Waals surface area contributed by atoms with Gasteiger partial charge in [-0.15, -0.1) is 0 Å². The summed E-state index contributed by atoms with van der Waals surface area (Å²) in [6, 6.07) is 16.0. The van der Waals surface area contributed by atoms with Crippen molar-refractivity contribution in [2.45, 2.75) is 20.4 Å². The highest BCUT2D eigenvalue weighted by Gasteiger charge is 2.22. The molecule has 0 spiro atoms. The summed E-state index contributed by atoms with van der Waals surface area (Å²) in [6.07, 6.45) is 0. The molecule has 1 amide bonds. The molecule has 0 N–H and O–H groups in total. The molecule has 1 fully saturated rings. The first kappa shape index (κ1) is 18.4. The number of carbonyl (C=O) groups is 1. The summed E-state index contributed by atoms with van der Waals surface area (Å²) in [6.45, 7) is 8.10. The summed E-state index contributed by atoms with van der Waals surface area (Å²) >= 11 is 0. The molecule has 0 unspecified atom stereocenters. The number of carbonyl (C=O) groups excluding carboxylic acids is 1. The van der Waals surface area contributed by atoms with Gasteiger partial charge in [-0.25, -0.2) is 0 Å². The molecule has 0 atom stereocenters. The fourth-order valence-corrected chi connectivity index (χ4v) is 3.53. The SMILES string of the molecule is Cc1cccc(CN2CCN(C(=O)c3ccc(-c4nc(C)no4)cc3)CC2)c1. The quantitative estimate of drug-likeness (QED) is 0.699. The number of hydrogen-bond acceptors (Lipinski definition) is 5. The topological polar surface area (TPSA) is 62.5 Å². The smallest absolute Gasteiger partial charge is 0.257 e. The second kappa shape index (κ2) is 7.94. The van der Waals surface area contributed by atoms with Gasteiger partial charge < -0.3 is 9.42 Å². The molecule has 6 heteroatoms. The molecule has 4 rings (SSSR count). The largest absolute Gasteiger partial charge is 0.336 e. The number of aryl methyl sites for hydroxylation is 2. The van der Waals surface area contributed by atoms with E-state index in [2.05, 4.69) is 46.2 Å². The molecule has 2 aromatic carbocycles. The standard InChI is InChI=1S/C22H24N4O2/c1-16-4-3-5-18(14-16)15-25-10-12-26(13-11-25)22(27)20-8-6-19(7-9-20)21-23-17(2)24-28-21/h3-9,14H,10-13,15H2,1-2H3. The Bertz CT molecular complexity index is 957. The first-order valence-corrected chi connectivity index (χ1v) is 9.56. The maximum Gasteiger partial charge on any atom is 0.257 e. The molecule has 1 aromatic heterocycles. The van der Waals surface area contributed by atoms with Crippen LogP contribution in [0.5, 0.6) is 0 Å². The van der Waals surface area contributed by atoms with Gasteiger partial charge in [0, 0.05) is 43.9 Å². The van der Waals surface area contributed by atoms with E-state index in [1.165, 1.54) is 11.1 Å². The highest BCUT2D eigenvalue weighted by Crippen LogP contribution is 2.19. The number of nitrogens with zero attached hydrogens (tertiary/aromatic N) is 4. The Balaban J connectivity index is 1.34. The third-order valence-electron chi connectivity index (χ3n) is 5.05. The van der Waals surface area contributed by atoms with E-state index in [1.807, 2.05) is 29.2 Å². The van der Waals surface area contributed by atoms with Crippen LogP contribution >= 0.6 is 0 Å². The molecule has 6 nitrogen and oxygen atoms in total. The molecule has 1 aliphatic rings. The van der Waals surface area contributed by atoms with Crippen LogP contribution in [0.25, 0.3) is 11.5 Å². The Morgan fingerprint density at radius 2 is 1.79 bits per heavy atom.